The summed E-state index contributed by atoms with van der Waals surface area (Å²) in [6.07, 6.45) is 4.38. The highest BCUT2D eigenvalue weighted by Crippen LogP contribution is 2.39. The molecule has 2 aliphatic heterocycles. The molecule has 0 radical (unpaired) electrons. The van der Waals surface area contributed by atoms with Crippen molar-refractivity contribution >= 4 is 5.91 Å². The molecule has 2 fully saturated rings. The van der Waals surface area contributed by atoms with E-state index >= 15 is 0 Å². The Labute approximate surface area is 149 Å². The van der Waals surface area contributed by atoms with Crippen LogP contribution in [0.5, 0.6) is 0 Å². The summed E-state index contributed by atoms with van der Waals surface area (Å²) in [5.41, 5.74) is 1.83. The molecule has 3 rings (SSSR count). The van der Waals surface area contributed by atoms with Crippen LogP contribution < -0.4 is 0 Å². The summed E-state index contributed by atoms with van der Waals surface area (Å²) in [6, 6.07) is 5.46. The summed E-state index contributed by atoms with van der Waals surface area (Å²) >= 11 is 0. The van der Waals surface area contributed by atoms with E-state index in [9.17, 15) is 9.18 Å². The largest absolute Gasteiger partial charge is 0.396 e. The summed E-state index contributed by atoms with van der Waals surface area (Å²) in [4.78, 5) is 16.4. The van der Waals surface area contributed by atoms with Gasteiger partial charge in [-0.15, -0.1) is 0 Å². The maximum atomic E-state index is 14.2. The number of aliphatic hydroxyl groups is 1. The van der Waals surface area contributed by atoms with Crippen LogP contribution >= 0.6 is 0 Å². The molecule has 1 spiro atoms. The van der Waals surface area contributed by atoms with Gasteiger partial charge in [-0.3, -0.25) is 9.69 Å². The van der Waals surface area contributed by atoms with Gasteiger partial charge in [0.2, 0.25) is 5.91 Å². The van der Waals surface area contributed by atoms with E-state index in [2.05, 4.69) is 4.90 Å². The molecule has 0 aromatic heterocycles. The lowest BCUT2D eigenvalue weighted by Crippen LogP contribution is -2.54. The van der Waals surface area contributed by atoms with Gasteiger partial charge in [-0.05, 0) is 50.8 Å². The third-order valence-corrected chi connectivity index (χ3v) is 5.68. The fourth-order valence-electron chi connectivity index (χ4n) is 4.37. The van der Waals surface area contributed by atoms with Crippen molar-refractivity contribution in [2.75, 3.05) is 32.8 Å². The molecule has 138 valence electrons. The van der Waals surface area contributed by atoms with Gasteiger partial charge in [-0.2, -0.15) is 0 Å². The predicted molar refractivity (Wildman–Crippen MR) is 95.6 cm³/mol. The standard InChI is InChI=1S/C20H29FN2O2/c1-16-4-5-17(18(21)12-16)13-22-9-2-7-20(14-22)8-6-19(25)23(15-20)10-3-11-24/h4-5,12,24H,2-3,6-11,13-15H2,1H3/t20-/m0/s1. The molecule has 2 saturated heterocycles. The van der Waals surface area contributed by atoms with Gasteiger partial charge in [0.05, 0.1) is 0 Å². The molecule has 2 aliphatic rings. The van der Waals surface area contributed by atoms with Crippen molar-refractivity contribution in [2.45, 2.75) is 45.6 Å². The van der Waals surface area contributed by atoms with Crippen molar-refractivity contribution in [3.05, 3.63) is 35.1 Å². The lowest BCUT2D eigenvalue weighted by Gasteiger charge is -2.48. The van der Waals surface area contributed by atoms with Gasteiger partial charge in [-0.1, -0.05) is 12.1 Å². The molecule has 1 aromatic carbocycles. The Kier molecular flexibility index (Phi) is 5.74. The van der Waals surface area contributed by atoms with E-state index < -0.39 is 0 Å². The molecule has 25 heavy (non-hydrogen) atoms. The van der Waals surface area contributed by atoms with Crippen molar-refractivity contribution < 1.29 is 14.3 Å². The number of aliphatic hydroxyl groups excluding tert-OH is 1. The van der Waals surface area contributed by atoms with Crippen molar-refractivity contribution in [3.63, 3.8) is 0 Å². The van der Waals surface area contributed by atoms with Gasteiger partial charge in [0.1, 0.15) is 5.82 Å². The summed E-state index contributed by atoms with van der Waals surface area (Å²) in [5.74, 6) is 0.0868. The van der Waals surface area contributed by atoms with E-state index in [1.54, 1.807) is 6.07 Å². The maximum absolute atomic E-state index is 14.2. The fourth-order valence-corrected chi connectivity index (χ4v) is 4.37. The number of likely N-dealkylation sites (tertiary alicyclic amines) is 2. The Morgan fingerprint density at radius 2 is 2.12 bits per heavy atom. The summed E-state index contributed by atoms with van der Waals surface area (Å²) in [5, 5.41) is 9.05. The number of nitrogens with zero attached hydrogens (tertiary/aromatic N) is 2. The van der Waals surface area contributed by atoms with Crippen LogP contribution in [-0.4, -0.2) is 53.6 Å². The molecule has 4 nitrogen and oxygen atoms in total. The number of carbonyl (C=O) groups is 1. The number of piperidine rings is 2. The zero-order chi connectivity index (χ0) is 17.9. The van der Waals surface area contributed by atoms with Crippen LogP contribution in [0.1, 0.15) is 43.2 Å². The number of amides is 1. The highest BCUT2D eigenvalue weighted by Gasteiger charge is 2.41. The Hall–Kier alpha value is -1.46. The summed E-state index contributed by atoms with van der Waals surface area (Å²) < 4.78 is 14.2. The lowest BCUT2D eigenvalue weighted by atomic mass is 9.73. The van der Waals surface area contributed by atoms with E-state index in [-0.39, 0.29) is 23.7 Å². The second-order valence-corrected chi connectivity index (χ2v) is 7.80. The lowest BCUT2D eigenvalue weighted by molar-refractivity contribution is -0.139. The number of hydrogen-bond donors (Lipinski definition) is 1. The zero-order valence-electron chi connectivity index (χ0n) is 15.1. The molecular weight excluding hydrogens is 319 g/mol. The SMILES string of the molecule is Cc1ccc(CN2CCC[C@]3(CCC(=O)N(CCCO)C3)C2)c(F)c1. The van der Waals surface area contributed by atoms with Gasteiger partial charge in [0.25, 0.3) is 0 Å². The number of halogens is 1. The second kappa shape index (κ2) is 7.83. The highest BCUT2D eigenvalue weighted by atomic mass is 19.1. The van der Waals surface area contributed by atoms with E-state index in [4.69, 9.17) is 5.11 Å². The highest BCUT2D eigenvalue weighted by molar-refractivity contribution is 5.77. The zero-order valence-corrected chi connectivity index (χ0v) is 15.1. The number of rotatable bonds is 5. The Morgan fingerprint density at radius 3 is 2.88 bits per heavy atom. The molecule has 1 N–H and O–H groups in total. The quantitative estimate of drug-likeness (QED) is 0.890. The first-order valence-electron chi connectivity index (χ1n) is 9.37. The predicted octanol–water partition coefficient (Wildman–Crippen LogP) is 2.72. The Morgan fingerprint density at radius 1 is 1.28 bits per heavy atom. The molecule has 0 saturated carbocycles. The third kappa shape index (κ3) is 4.39. The molecule has 5 heteroatoms. The monoisotopic (exact) mass is 348 g/mol. The average Bonchev–Trinajstić information content (AvgIpc) is 2.59. The molecule has 1 atom stereocenters. The van der Waals surface area contributed by atoms with E-state index in [0.29, 0.717) is 25.9 Å². The van der Waals surface area contributed by atoms with E-state index in [1.807, 2.05) is 24.0 Å². The molecule has 0 aliphatic carbocycles. The second-order valence-electron chi connectivity index (χ2n) is 7.80. The van der Waals surface area contributed by atoms with E-state index in [0.717, 1.165) is 50.0 Å². The topological polar surface area (TPSA) is 43.8 Å². The molecule has 1 aromatic rings. The average molecular weight is 348 g/mol. The minimum Gasteiger partial charge on any atom is -0.396 e. The van der Waals surface area contributed by atoms with Crippen LogP contribution in [0.3, 0.4) is 0 Å². The van der Waals surface area contributed by atoms with Crippen LogP contribution in [0.25, 0.3) is 0 Å². The first-order chi connectivity index (χ1) is 12.0. The Balaban J connectivity index is 1.66. The minimum atomic E-state index is -0.122. The first kappa shape index (κ1) is 18.3. The van der Waals surface area contributed by atoms with E-state index in [1.165, 1.54) is 0 Å². The smallest absolute Gasteiger partial charge is 0.222 e. The number of hydrogen-bond acceptors (Lipinski definition) is 3. The van der Waals surface area contributed by atoms with Gasteiger partial charge in [0, 0.05) is 50.2 Å². The van der Waals surface area contributed by atoms with Crippen molar-refractivity contribution in [2.24, 2.45) is 5.41 Å². The van der Waals surface area contributed by atoms with Gasteiger partial charge >= 0.3 is 0 Å². The molecular formula is C20H29FN2O2. The van der Waals surface area contributed by atoms with Gasteiger partial charge < -0.3 is 10.0 Å². The van der Waals surface area contributed by atoms with Crippen LogP contribution in [0.2, 0.25) is 0 Å². The van der Waals surface area contributed by atoms with Crippen molar-refractivity contribution in [3.8, 4) is 0 Å². The molecule has 0 bridgehead atoms. The van der Waals surface area contributed by atoms with Gasteiger partial charge in [-0.25, -0.2) is 4.39 Å². The molecule has 0 unspecified atom stereocenters. The number of aryl methyl sites for hydroxylation is 1. The molecule has 1 amide bonds. The minimum absolute atomic E-state index is 0.121. The van der Waals surface area contributed by atoms with Crippen molar-refractivity contribution in [1.29, 1.82) is 0 Å². The Bertz CT molecular complexity index is 622. The summed E-state index contributed by atoms with van der Waals surface area (Å²) in [6.45, 7) is 5.99. The van der Waals surface area contributed by atoms with Crippen molar-refractivity contribution in [1.82, 2.24) is 9.80 Å². The van der Waals surface area contributed by atoms with Crippen LogP contribution in [0, 0.1) is 18.2 Å². The fraction of sp³-hybridized carbons (Fsp3) is 0.650. The van der Waals surface area contributed by atoms with Crippen LogP contribution in [-0.2, 0) is 11.3 Å². The number of carbonyl (C=O) groups excluding carboxylic acids is 1. The first-order valence-corrected chi connectivity index (χ1v) is 9.37. The summed E-state index contributed by atoms with van der Waals surface area (Å²) in [7, 11) is 0. The number of benzene rings is 1. The van der Waals surface area contributed by atoms with Gasteiger partial charge in [0.15, 0.2) is 0 Å². The maximum Gasteiger partial charge on any atom is 0.222 e. The normalized spacial score (nSPS) is 24.9. The van der Waals surface area contributed by atoms with Crippen LogP contribution in [0.15, 0.2) is 18.2 Å². The molecule has 2 heterocycles. The third-order valence-electron chi connectivity index (χ3n) is 5.68. The van der Waals surface area contributed by atoms with Crippen LogP contribution in [0.4, 0.5) is 4.39 Å².